The normalized spacial score (nSPS) is 22.3. The molecule has 1 aromatic carbocycles. The number of rotatable bonds is 14. The number of carbonyl (C=O) groups excluding carboxylic acids is 1. The van der Waals surface area contributed by atoms with E-state index in [0.717, 1.165) is 63.6 Å². The van der Waals surface area contributed by atoms with Crippen molar-refractivity contribution < 1.29 is 24.2 Å². The first-order valence-corrected chi connectivity index (χ1v) is 13.5. The van der Waals surface area contributed by atoms with Gasteiger partial charge in [-0.1, -0.05) is 59.4 Å². The zero-order chi connectivity index (χ0) is 25.4. The Morgan fingerprint density at radius 1 is 1.09 bits per heavy atom. The molecule has 0 bridgehead atoms. The third-order valence-corrected chi connectivity index (χ3v) is 7.54. The van der Waals surface area contributed by atoms with Gasteiger partial charge in [-0.2, -0.15) is 0 Å². The quantitative estimate of drug-likeness (QED) is 0.391. The molecule has 196 valence electrons. The van der Waals surface area contributed by atoms with Gasteiger partial charge in [-0.25, -0.2) is 0 Å². The van der Waals surface area contributed by atoms with Crippen molar-refractivity contribution in [2.24, 2.45) is 11.8 Å². The summed E-state index contributed by atoms with van der Waals surface area (Å²) in [6.07, 6.45) is 6.97. The number of ether oxygens (including phenoxy) is 2. The Hall–Kier alpha value is -2.28. The van der Waals surface area contributed by atoms with Gasteiger partial charge in [-0.3, -0.25) is 14.5 Å². The predicted octanol–water partition coefficient (Wildman–Crippen LogP) is 5.14. The molecular weight excluding hydrogens is 444 g/mol. The number of hydrogen-bond donors (Lipinski definition) is 1. The number of amides is 1. The van der Waals surface area contributed by atoms with Gasteiger partial charge < -0.3 is 19.5 Å². The van der Waals surface area contributed by atoms with Crippen LogP contribution in [0.15, 0.2) is 18.2 Å². The Bertz CT molecular complexity index is 837. The lowest BCUT2D eigenvalue weighted by molar-refractivity contribution is -0.144. The highest BCUT2D eigenvalue weighted by atomic mass is 16.7. The number of unbranched alkanes of at least 4 members (excludes halogenated alkanes) is 2. The van der Waals surface area contributed by atoms with Gasteiger partial charge >= 0.3 is 5.97 Å². The SMILES string of the molecule is CCCCN(CCCC)C(=O)CN1CC(c2ccc3c(c2)OCO3)[C@H](C(=O)O)[C@H]1CC(C)CCC. The summed E-state index contributed by atoms with van der Waals surface area (Å²) in [6, 6.07) is 5.58. The van der Waals surface area contributed by atoms with E-state index in [1.807, 2.05) is 23.1 Å². The standard InChI is InChI=1S/C28H44N2O5/c1-5-8-13-29(14-9-6-2)26(31)18-30-17-22(21-11-12-24-25(16-21)35-19-34-24)27(28(32)33)23(30)15-20(4)10-7-3/h11-12,16,20,22-23,27H,5-10,13-15,17-19H2,1-4H3,(H,32,33)/t20?,22?,23-,27+/m1/s1. The van der Waals surface area contributed by atoms with E-state index >= 15 is 0 Å². The van der Waals surface area contributed by atoms with E-state index in [1.54, 1.807) is 0 Å². The second kappa shape index (κ2) is 13.1. The number of benzene rings is 1. The molecular formula is C28H44N2O5. The van der Waals surface area contributed by atoms with Crippen LogP contribution in [0.25, 0.3) is 0 Å². The minimum atomic E-state index is -0.787. The molecule has 4 atom stereocenters. The molecule has 2 unspecified atom stereocenters. The molecule has 0 aromatic heterocycles. The lowest BCUT2D eigenvalue weighted by Crippen LogP contribution is -2.45. The van der Waals surface area contributed by atoms with Crippen molar-refractivity contribution in [3.8, 4) is 11.5 Å². The first kappa shape index (κ1) is 27.3. The van der Waals surface area contributed by atoms with Gasteiger partial charge in [0.25, 0.3) is 0 Å². The Kier molecular flexibility index (Phi) is 10.3. The van der Waals surface area contributed by atoms with E-state index in [1.165, 1.54) is 0 Å². The predicted molar refractivity (Wildman–Crippen MR) is 137 cm³/mol. The van der Waals surface area contributed by atoms with Crippen molar-refractivity contribution in [2.45, 2.75) is 84.6 Å². The summed E-state index contributed by atoms with van der Waals surface area (Å²) in [5.74, 6) is 0.330. The molecule has 7 heteroatoms. The van der Waals surface area contributed by atoms with Gasteiger partial charge in [-0.15, -0.1) is 0 Å². The van der Waals surface area contributed by atoms with Crippen molar-refractivity contribution in [1.29, 1.82) is 0 Å². The van der Waals surface area contributed by atoms with Crippen LogP contribution in [0.4, 0.5) is 0 Å². The highest BCUT2D eigenvalue weighted by Crippen LogP contribution is 2.43. The van der Waals surface area contributed by atoms with Gasteiger partial charge in [0.15, 0.2) is 11.5 Å². The Morgan fingerprint density at radius 3 is 2.40 bits per heavy atom. The minimum Gasteiger partial charge on any atom is -0.481 e. The van der Waals surface area contributed by atoms with Crippen LogP contribution in [0.1, 0.15) is 84.1 Å². The fourth-order valence-electron chi connectivity index (χ4n) is 5.62. The lowest BCUT2D eigenvalue weighted by Gasteiger charge is -2.31. The molecule has 35 heavy (non-hydrogen) atoms. The largest absolute Gasteiger partial charge is 0.481 e. The first-order valence-electron chi connectivity index (χ1n) is 13.5. The van der Waals surface area contributed by atoms with E-state index in [2.05, 4.69) is 32.6 Å². The zero-order valence-electron chi connectivity index (χ0n) is 22.0. The average Bonchev–Trinajstić information content (AvgIpc) is 3.43. The highest BCUT2D eigenvalue weighted by molar-refractivity contribution is 5.79. The number of carboxylic acids is 1. The number of carboxylic acid groups (broad SMARTS) is 1. The number of likely N-dealkylation sites (tertiary alicyclic amines) is 1. The van der Waals surface area contributed by atoms with Crippen LogP contribution < -0.4 is 9.47 Å². The first-order chi connectivity index (χ1) is 16.9. The molecule has 0 spiro atoms. The van der Waals surface area contributed by atoms with E-state index < -0.39 is 11.9 Å². The monoisotopic (exact) mass is 488 g/mol. The van der Waals surface area contributed by atoms with Gasteiger partial charge in [0.1, 0.15) is 0 Å². The van der Waals surface area contributed by atoms with Gasteiger partial charge in [0.2, 0.25) is 12.7 Å². The summed E-state index contributed by atoms with van der Waals surface area (Å²) in [5.41, 5.74) is 0.943. The number of carbonyl (C=O) groups is 2. The van der Waals surface area contributed by atoms with Crippen LogP contribution in [0.3, 0.4) is 0 Å². The zero-order valence-corrected chi connectivity index (χ0v) is 22.0. The van der Waals surface area contributed by atoms with E-state index in [4.69, 9.17) is 9.47 Å². The Labute approximate surface area is 210 Å². The fraction of sp³-hybridized carbons (Fsp3) is 0.714. The maximum absolute atomic E-state index is 13.4. The third-order valence-electron chi connectivity index (χ3n) is 7.54. The highest BCUT2D eigenvalue weighted by Gasteiger charge is 2.47. The molecule has 1 N–H and O–H groups in total. The van der Waals surface area contributed by atoms with Gasteiger partial charge in [-0.05, 0) is 42.9 Å². The molecule has 1 aromatic rings. The molecule has 0 saturated carbocycles. The number of hydrogen-bond acceptors (Lipinski definition) is 5. The maximum Gasteiger partial charge on any atom is 0.308 e. The summed E-state index contributed by atoms with van der Waals surface area (Å²) in [5, 5.41) is 10.4. The van der Waals surface area contributed by atoms with Crippen molar-refractivity contribution in [3.05, 3.63) is 23.8 Å². The lowest BCUT2D eigenvalue weighted by atomic mass is 9.81. The van der Waals surface area contributed by atoms with Crippen LogP contribution in [0, 0.1) is 11.8 Å². The summed E-state index contributed by atoms with van der Waals surface area (Å²) >= 11 is 0. The average molecular weight is 489 g/mol. The molecule has 0 radical (unpaired) electrons. The topological polar surface area (TPSA) is 79.3 Å². The van der Waals surface area contributed by atoms with E-state index in [0.29, 0.717) is 24.0 Å². The molecule has 1 amide bonds. The number of fused-ring (bicyclic) bond motifs is 1. The smallest absolute Gasteiger partial charge is 0.308 e. The van der Waals surface area contributed by atoms with Crippen LogP contribution in [-0.2, 0) is 9.59 Å². The van der Waals surface area contributed by atoms with Crippen molar-refractivity contribution >= 4 is 11.9 Å². The Balaban J connectivity index is 1.86. The fourth-order valence-corrected chi connectivity index (χ4v) is 5.62. The van der Waals surface area contributed by atoms with Crippen LogP contribution in [-0.4, -0.2) is 65.8 Å². The van der Waals surface area contributed by atoms with E-state index in [9.17, 15) is 14.7 Å². The van der Waals surface area contributed by atoms with Crippen molar-refractivity contribution in [2.75, 3.05) is 33.0 Å². The minimum absolute atomic E-state index is 0.121. The second-order valence-electron chi connectivity index (χ2n) is 10.3. The van der Waals surface area contributed by atoms with Crippen LogP contribution in [0.2, 0.25) is 0 Å². The van der Waals surface area contributed by atoms with Crippen molar-refractivity contribution in [3.63, 3.8) is 0 Å². The van der Waals surface area contributed by atoms with Crippen molar-refractivity contribution in [1.82, 2.24) is 9.80 Å². The molecule has 7 nitrogen and oxygen atoms in total. The van der Waals surface area contributed by atoms with Gasteiger partial charge in [0, 0.05) is 31.6 Å². The van der Waals surface area contributed by atoms with Gasteiger partial charge in [0.05, 0.1) is 12.5 Å². The third kappa shape index (κ3) is 6.90. The molecule has 2 heterocycles. The number of aliphatic carboxylic acids is 1. The summed E-state index contributed by atoms with van der Waals surface area (Å²) in [6.45, 7) is 11.2. The molecule has 1 saturated heterocycles. The van der Waals surface area contributed by atoms with E-state index in [-0.39, 0.29) is 31.2 Å². The summed E-state index contributed by atoms with van der Waals surface area (Å²) < 4.78 is 11.0. The second-order valence-corrected chi connectivity index (χ2v) is 10.3. The molecule has 2 aliphatic rings. The Morgan fingerprint density at radius 2 is 1.77 bits per heavy atom. The molecule has 1 fully saturated rings. The van der Waals surface area contributed by atoms with Crippen LogP contribution in [0.5, 0.6) is 11.5 Å². The summed E-state index contributed by atoms with van der Waals surface area (Å²) in [7, 11) is 0. The molecule has 0 aliphatic carbocycles. The summed E-state index contributed by atoms with van der Waals surface area (Å²) in [4.78, 5) is 30.2. The van der Waals surface area contributed by atoms with Crippen LogP contribution >= 0.6 is 0 Å². The molecule has 3 rings (SSSR count). The number of nitrogens with zero attached hydrogens (tertiary/aromatic N) is 2. The molecule has 2 aliphatic heterocycles. The maximum atomic E-state index is 13.4.